The molecule has 0 saturated carbocycles. The van der Waals surface area contributed by atoms with Gasteiger partial charge in [0.25, 0.3) is 11.8 Å². The minimum Gasteiger partial charge on any atom is -0.481 e. The van der Waals surface area contributed by atoms with Crippen LogP contribution in [-0.4, -0.2) is 187 Å². The number of nitrogens with zero attached hydrogens (tertiary/aromatic N) is 1. The predicted octanol–water partition coefficient (Wildman–Crippen LogP) is -3.48. The number of aliphatic hydroxyl groups is 6. The van der Waals surface area contributed by atoms with E-state index in [9.17, 15) is 44.4 Å². The maximum Gasteiger partial charge on any atom is 0.305 e. The van der Waals surface area contributed by atoms with Gasteiger partial charge in [-0.25, -0.2) is 0 Å². The van der Waals surface area contributed by atoms with Gasteiger partial charge in [0.1, 0.15) is 24.9 Å². The van der Waals surface area contributed by atoms with E-state index in [1.54, 1.807) is 0 Å². The van der Waals surface area contributed by atoms with E-state index < -0.39 is 102 Å². The molecule has 3 amide bonds. The van der Waals surface area contributed by atoms with Gasteiger partial charge in [0.2, 0.25) is 5.91 Å². The highest BCUT2D eigenvalue weighted by Crippen LogP contribution is 2.11. The van der Waals surface area contributed by atoms with Crippen LogP contribution in [0.15, 0.2) is 12.2 Å². The molecule has 8 N–H and O–H groups in total. The third-order valence-electron chi connectivity index (χ3n) is 7.14. The number of carbonyl (C=O) groups excluding carboxylic acids is 4. The number of imide groups is 1. The maximum absolute atomic E-state index is 12.2. The van der Waals surface area contributed by atoms with Crippen molar-refractivity contribution in [2.45, 2.75) is 82.1 Å². The normalized spacial score (nSPS) is 15.8. The number of unbranched alkanes of at least 4 members (excludes halogenated alkanes) is 2. The first-order valence-electron chi connectivity index (χ1n) is 17.1. The zero-order valence-corrected chi connectivity index (χ0v) is 29.5. The molecule has 5 unspecified atom stereocenters. The van der Waals surface area contributed by atoms with E-state index >= 15 is 0 Å². The molecule has 0 spiro atoms. The van der Waals surface area contributed by atoms with Gasteiger partial charge in [-0.1, -0.05) is 6.42 Å². The summed E-state index contributed by atoms with van der Waals surface area (Å²) in [6.45, 7) is -4.81. The molecule has 0 aromatic rings. The van der Waals surface area contributed by atoms with E-state index in [1.807, 2.05) is 0 Å². The van der Waals surface area contributed by atoms with Crippen molar-refractivity contribution in [1.82, 2.24) is 10.2 Å². The lowest BCUT2D eigenvalue weighted by Crippen LogP contribution is -2.40. The third-order valence-corrected chi connectivity index (χ3v) is 7.14. The van der Waals surface area contributed by atoms with Crippen LogP contribution in [0.2, 0.25) is 0 Å². The standard InChI is InChI=1S/C32H54N2O19/c35-13-22(14-36)51-31(17-39)49-19-23(15-37)52-32(18-40)50-21-24(20-48-29(46)7-4-6-28(44)45)53-30(16-38)47-12-10-33-25(41)5-2-1-3-11-34-26(42)8-9-27(34)43/h8-9,22-24,30-32,35-40H,1-7,10-21H2,(H,33,41)(H,44,45). The minimum atomic E-state index is -1.39. The van der Waals surface area contributed by atoms with Gasteiger partial charge in [0.15, 0.2) is 18.9 Å². The first-order valence-corrected chi connectivity index (χ1v) is 17.1. The number of aliphatic carboxylic acids is 1. The van der Waals surface area contributed by atoms with Gasteiger partial charge in [0, 0.05) is 44.5 Å². The Morgan fingerprint density at radius 3 is 1.74 bits per heavy atom. The number of hydrogen-bond donors (Lipinski definition) is 8. The largest absolute Gasteiger partial charge is 0.481 e. The molecule has 1 aliphatic heterocycles. The molecule has 1 aliphatic rings. The van der Waals surface area contributed by atoms with E-state index in [0.717, 1.165) is 4.90 Å². The molecule has 0 aromatic heterocycles. The lowest BCUT2D eigenvalue weighted by Gasteiger charge is -2.28. The number of rotatable bonds is 34. The molecule has 5 atom stereocenters. The maximum atomic E-state index is 12.2. The van der Waals surface area contributed by atoms with Crippen LogP contribution in [0.4, 0.5) is 0 Å². The van der Waals surface area contributed by atoms with Crippen LogP contribution in [0.3, 0.4) is 0 Å². The van der Waals surface area contributed by atoms with Crippen LogP contribution in [-0.2, 0) is 57.1 Å². The van der Waals surface area contributed by atoms with Crippen LogP contribution in [0.25, 0.3) is 0 Å². The van der Waals surface area contributed by atoms with Gasteiger partial charge in [-0.05, 0) is 19.3 Å². The number of ether oxygens (including phenoxy) is 7. The van der Waals surface area contributed by atoms with Crippen LogP contribution < -0.4 is 5.32 Å². The number of carboxylic acids is 1. The lowest BCUT2D eigenvalue weighted by molar-refractivity contribution is -0.255. The van der Waals surface area contributed by atoms with E-state index in [1.165, 1.54) is 12.2 Å². The smallest absolute Gasteiger partial charge is 0.305 e. The Morgan fingerprint density at radius 1 is 0.623 bits per heavy atom. The molecule has 0 aliphatic carbocycles. The first-order chi connectivity index (χ1) is 25.5. The molecule has 0 aromatic carbocycles. The Labute approximate surface area is 306 Å². The summed E-state index contributed by atoms with van der Waals surface area (Å²) in [5, 5.41) is 68.6. The molecule has 0 saturated heterocycles. The lowest BCUT2D eigenvalue weighted by atomic mass is 10.2. The zero-order chi connectivity index (χ0) is 39.4. The molecular formula is C32H54N2O19. The summed E-state index contributed by atoms with van der Waals surface area (Å²) in [6, 6.07) is 0. The monoisotopic (exact) mass is 770 g/mol. The molecule has 0 fully saturated rings. The van der Waals surface area contributed by atoms with Gasteiger partial charge in [-0.2, -0.15) is 0 Å². The average molecular weight is 771 g/mol. The number of carbonyl (C=O) groups is 5. The Hall–Kier alpha value is -3.19. The van der Waals surface area contributed by atoms with E-state index in [4.69, 9.17) is 48.5 Å². The Bertz CT molecular complexity index is 1070. The highest BCUT2D eigenvalue weighted by molar-refractivity contribution is 6.12. The van der Waals surface area contributed by atoms with Crippen molar-refractivity contribution in [2.75, 3.05) is 79.2 Å². The summed E-state index contributed by atoms with van der Waals surface area (Å²) in [6.07, 6.45) is -3.39. The summed E-state index contributed by atoms with van der Waals surface area (Å²) in [5.74, 6) is -2.82. The second kappa shape index (κ2) is 29.2. The van der Waals surface area contributed by atoms with E-state index in [-0.39, 0.29) is 69.7 Å². The Morgan fingerprint density at radius 2 is 1.17 bits per heavy atom. The number of aliphatic hydroxyl groups excluding tert-OH is 6. The van der Waals surface area contributed by atoms with E-state index in [2.05, 4.69) is 5.32 Å². The SMILES string of the molecule is O=C(O)CCCC(=O)OCC(COC(CO)OC(CO)COC(CO)OC(CO)CO)OC(CO)OCCNC(=O)CCCCCN1C(=O)C=CC1=O. The van der Waals surface area contributed by atoms with Crippen molar-refractivity contribution in [3.05, 3.63) is 12.2 Å². The molecule has 1 rings (SSSR count). The van der Waals surface area contributed by atoms with Crippen molar-refractivity contribution in [1.29, 1.82) is 0 Å². The topological polar surface area (TPSA) is 307 Å². The fourth-order valence-electron chi connectivity index (χ4n) is 4.38. The van der Waals surface area contributed by atoms with Crippen LogP contribution in [0.5, 0.6) is 0 Å². The Kier molecular flexibility index (Phi) is 26.4. The highest BCUT2D eigenvalue weighted by atomic mass is 16.7. The molecule has 21 heteroatoms. The van der Waals surface area contributed by atoms with Gasteiger partial charge in [-0.15, -0.1) is 0 Å². The molecule has 21 nitrogen and oxygen atoms in total. The molecular weight excluding hydrogens is 716 g/mol. The fraction of sp³-hybridized carbons (Fsp3) is 0.781. The van der Waals surface area contributed by atoms with Gasteiger partial charge < -0.3 is 74.2 Å². The van der Waals surface area contributed by atoms with Gasteiger partial charge in [-0.3, -0.25) is 28.9 Å². The predicted molar refractivity (Wildman–Crippen MR) is 176 cm³/mol. The summed E-state index contributed by atoms with van der Waals surface area (Å²) in [7, 11) is 0. The van der Waals surface area contributed by atoms with Crippen LogP contribution >= 0.6 is 0 Å². The molecule has 0 radical (unpaired) electrons. The number of hydrogen-bond acceptors (Lipinski definition) is 18. The van der Waals surface area contributed by atoms with Crippen molar-refractivity contribution in [2.24, 2.45) is 0 Å². The van der Waals surface area contributed by atoms with Crippen molar-refractivity contribution in [3.8, 4) is 0 Å². The van der Waals surface area contributed by atoms with Crippen LogP contribution in [0.1, 0.15) is 44.9 Å². The summed E-state index contributed by atoms with van der Waals surface area (Å²) >= 11 is 0. The molecule has 1 heterocycles. The number of nitrogens with one attached hydrogen (secondary N) is 1. The van der Waals surface area contributed by atoms with Crippen molar-refractivity contribution in [3.63, 3.8) is 0 Å². The average Bonchev–Trinajstić information content (AvgIpc) is 3.47. The number of amides is 3. The molecule has 53 heavy (non-hydrogen) atoms. The minimum absolute atomic E-state index is 0.0243. The second-order valence-corrected chi connectivity index (χ2v) is 11.4. The summed E-state index contributed by atoms with van der Waals surface area (Å²) in [5.41, 5.74) is 0. The van der Waals surface area contributed by atoms with Crippen LogP contribution in [0, 0.1) is 0 Å². The third kappa shape index (κ3) is 21.9. The quantitative estimate of drug-likeness (QED) is 0.0136. The second-order valence-electron chi connectivity index (χ2n) is 11.4. The Balaban J connectivity index is 2.61. The van der Waals surface area contributed by atoms with Gasteiger partial charge >= 0.3 is 11.9 Å². The summed E-state index contributed by atoms with van der Waals surface area (Å²) < 4.78 is 37.9. The highest BCUT2D eigenvalue weighted by Gasteiger charge is 2.25. The fourth-order valence-corrected chi connectivity index (χ4v) is 4.38. The van der Waals surface area contributed by atoms with Crippen molar-refractivity contribution < 1.29 is 92.9 Å². The zero-order valence-electron chi connectivity index (χ0n) is 29.5. The number of carboxylic acid groups (broad SMARTS) is 1. The number of esters is 1. The molecule has 0 bridgehead atoms. The van der Waals surface area contributed by atoms with E-state index in [0.29, 0.717) is 19.3 Å². The summed E-state index contributed by atoms with van der Waals surface area (Å²) in [4.78, 5) is 59.4. The first kappa shape index (κ1) is 47.8. The van der Waals surface area contributed by atoms with Gasteiger partial charge in [0.05, 0.1) is 59.5 Å². The van der Waals surface area contributed by atoms with Crippen molar-refractivity contribution >= 4 is 29.7 Å². The molecule has 306 valence electrons.